The van der Waals surface area contributed by atoms with Crippen molar-refractivity contribution in [3.05, 3.63) is 41.8 Å². The Bertz CT molecular complexity index is 833. The van der Waals surface area contributed by atoms with Gasteiger partial charge in [0.1, 0.15) is 11.9 Å². The first kappa shape index (κ1) is 13.5. The van der Waals surface area contributed by atoms with E-state index < -0.39 is 5.82 Å². The summed E-state index contributed by atoms with van der Waals surface area (Å²) in [4.78, 5) is 7.02. The number of nitriles is 1. The Morgan fingerprint density at radius 2 is 2.38 bits per heavy atom. The van der Waals surface area contributed by atoms with Crippen LogP contribution in [-0.4, -0.2) is 9.97 Å². The third-order valence-electron chi connectivity index (χ3n) is 3.00. The number of hydrogen-bond acceptors (Lipinski definition) is 5. The lowest BCUT2D eigenvalue weighted by Gasteiger charge is -2.05. The number of nitrogens with zero attached hydrogens (tertiary/aromatic N) is 2. The van der Waals surface area contributed by atoms with Crippen LogP contribution in [0.4, 0.5) is 10.1 Å². The summed E-state index contributed by atoms with van der Waals surface area (Å²) in [5.41, 5.74) is 1.51. The number of anilines is 1. The largest absolute Gasteiger partial charge is 0.433 e. The fourth-order valence-corrected chi connectivity index (χ4v) is 2.61. The molecular weight excluding hydrogens is 291 g/mol. The summed E-state index contributed by atoms with van der Waals surface area (Å²) in [7, 11) is 0. The minimum Gasteiger partial charge on any atom is -0.433 e. The number of aryl methyl sites for hydroxylation is 1. The van der Waals surface area contributed by atoms with Gasteiger partial charge in [-0.2, -0.15) is 5.26 Å². The van der Waals surface area contributed by atoms with E-state index in [-0.39, 0.29) is 10.9 Å². The molecule has 106 valence electrons. The van der Waals surface area contributed by atoms with Crippen LogP contribution in [0.3, 0.4) is 0 Å². The maximum Gasteiger partial charge on any atom is 0.201 e. The van der Waals surface area contributed by atoms with Crippen LogP contribution in [0.25, 0.3) is 10.9 Å². The maximum atomic E-state index is 13.8. The van der Waals surface area contributed by atoms with Crippen molar-refractivity contribution in [2.45, 2.75) is 18.4 Å². The monoisotopic (exact) mass is 302 g/mol. The molecule has 21 heavy (non-hydrogen) atoms. The molecule has 0 aliphatic rings. The molecule has 0 atom stereocenters. The molecule has 2 N–H and O–H groups in total. The molecular formula is C14H11FN4OS. The second kappa shape index (κ2) is 5.50. The summed E-state index contributed by atoms with van der Waals surface area (Å²) in [6, 6.07) is 4.91. The number of H-pyrrole nitrogens is 1. The first-order valence-corrected chi connectivity index (χ1v) is 7.11. The number of benzene rings is 1. The van der Waals surface area contributed by atoms with Gasteiger partial charge < -0.3 is 14.1 Å². The molecule has 0 aliphatic heterocycles. The maximum absolute atomic E-state index is 13.8. The van der Waals surface area contributed by atoms with Crippen LogP contribution in [0.1, 0.15) is 18.4 Å². The molecule has 0 aliphatic carbocycles. The number of hydrogen-bond donors (Lipinski definition) is 2. The Hall–Kier alpha value is -2.46. The molecule has 2 aromatic heterocycles. The Morgan fingerprint density at radius 3 is 3.10 bits per heavy atom. The summed E-state index contributed by atoms with van der Waals surface area (Å²) in [6.45, 7) is 1.96. The van der Waals surface area contributed by atoms with Crippen molar-refractivity contribution in [3.8, 4) is 6.07 Å². The minimum absolute atomic E-state index is 0.282. The normalized spacial score (nSPS) is 10.7. The van der Waals surface area contributed by atoms with Gasteiger partial charge in [-0.05, 0) is 12.1 Å². The smallest absolute Gasteiger partial charge is 0.201 e. The minimum atomic E-state index is -0.425. The summed E-state index contributed by atoms with van der Waals surface area (Å²) < 4.78 is 22.4. The Morgan fingerprint density at radius 1 is 1.52 bits per heavy atom. The van der Waals surface area contributed by atoms with Crippen molar-refractivity contribution in [1.82, 2.24) is 9.97 Å². The Kier molecular flexibility index (Phi) is 3.54. The lowest BCUT2D eigenvalue weighted by Crippen LogP contribution is -1.89. The predicted octanol–water partition coefficient (Wildman–Crippen LogP) is 3.85. The zero-order valence-corrected chi connectivity index (χ0v) is 11.9. The van der Waals surface area contributed by atoms with E-state index in [4.69, 9.17) is 9.68 Å². The van der Waals surface area contributed by atoms with Gasteiger partial charge in [0, 0.05) is 24.6 Å². The molecule has 0 radical (unpaired) electrons. The van der Waals surface area contributed by atoms with E-state index in [0.29, 0.717) is 22.2 Å². The van der Waals surface area contributed by atoms with Crippen molar-refractivity contribution in [1.29, 1.82) is 5.26 Å². The number of aromatic nitrogens is 2. The van der Waals surface area contributed by atoms with E-state index in [1.54, 1.807) is 12.3 Å². The fourth-order valence-electron chi connectivity index (χ4n) is 1.99. The Balaban J connectivity index is 1.89. The third-order valence-corrected chi connectivity index (χ3v) is 3.71. The SMILES string of the molecule is CCc1ncc(SNc2ccc(F)c3c(C#N)c[nH]c23)o1. The van der Waals surface area contributed by atoms with Crippen molar-refractivity contribution in [2.24, 2.45) is 0 Å². The number of rotatable bonds is 4. The highest BCUT2D eigenvalue weighted by atomic mass is 32.2. The van der Waals surface area contributed by atoms with Crippen LogP contribution in [0.5, 0.6) is 0 Å². The summed E-state index contributed by atoms with van der Waals surface area (Å²) in [5.74, 6) is 0.237. The van der Waals surface area contributed by atoms with Crippen molar-refractivity contribution < 1.29 is 8.81 Å². The first-order valence-electron chi connectivity index (χ1n) is 6.30. The zero-order valence-electron chi connectivity index (χ0n) is 11.1. The van der Waals surface area contributed by atoms with E-state index in [0.717, 1.165) is 6.42 Å². The molecule has 0 bridgehead atoms. The molecule has 5 nitrogen and oxygen atoms in total. The molecule has 3 aromatic rings. The number of oxazole rings is 1. The molecule has 0 saturated heterocycles. The molecule has 0 unspecified atom stereocenters. The van der Waals surface area contributed by atoms with Gasteiger partial charge in [-0.25, -0.2) is 9.37 Å². The average molecular weight is 302 g/mol. The molecule has 1 aromatic carbocycles. The number of aromatic amines is 1. The van der Waals surface area contributed by atoms with Gasteiger partial charge in [-0.1, -0.05) is 6.92 Å². The second-order valence-electron chi connectivity index (χ2n) is 4.29. The predicted molar refractivity (Wildman–Crippen MR) is 78.3 cm³/mol. The average Bonchev–Trinajstić information content (AvgIpc) is 3.13. The number of fused-ring (bicyclic) bond motifs is 1. The highest BCUT2D eigenvalue weighted by Gasteiger charge is 2.13. The molecule has 3 rings (SSSR count). The third kappa shape index (κ3) is 2.45. The van der Waals surface area contributed by atoms with Gasteiger partial charge in [0.2, 0.25) is 5.09 Å². The lowest BCUT2D eigenvalue weighted by atomic mass is 10.1. The van der Waals surface area contributed by atoms with Gasteiger partial charge >= 0.3 is 0 Å². The van der Waals surface area contributed by atoms with E-state index in [1.165, 1.54) is 24.2 Å². The molecule has 0 spiro atoms. The molecule has 2 heterocycles. The number of nitrogens with one attached hydrogen (secondary N) is 2. The molecule has 7 heteroatoms. The van der Waals surface area contributed by atoms with Gasteiger partial charge in [-0.15, -0.1) is 0 Å². The molecule has 0 amide bonds. The van der Waals surface area contributed by atoms with Crippen LogP contribution in [-0.2, 0) is 6.42 Å². The fraction of sp³-hybridized carbons (Fsp3) is 0.143. The topological polar surface area (TPSA) is 77.6 Å². The van der Waals surface area contributed by atoms with E-state index in [9.17, 15) is 4.39 Å². The van der Waals surface area contributed by atoms with Crippen LogP contribution >= 0.6 is 11.9 Å². The molecule has 0 saturated carbocycles. The number of halogens is 1. The van der Waals surface area contributed by atoms with E-state index in [2.05, 4.69) is 14.7 Å². The van der Waals surface area contributed by atoms with Gasteiger partial charge in [0.25, 0.3) is 0 Å². The summed E-state index contributed by atoms with van der Waals surface area (Å²) in [5, 5.41) is 9.90. The van der Waals surface area contributed by atoms with Gasteiger partial charge in [-0.3, -0.25) is 0 Å². The highest BCUT2D eigenvalue weighted by molar-refractivity contribution is 8.00. The Labute approximate surface area is 124 Å². The quantitative estimate of drug-likeness (QED) is 0.716. The highest BCUT2D eigenvalue weighted by Crippen LogP contribution is 2.31. The van der Waals surface area contributed by atoms with Gasteiger partial charge in [0.15, 0.2) is 5.89 Å². The van der Waals surface area contributed by atoms with Crippen LogP contribution < -0.4 is 4.72 Å². The van der Waals surface area contributed by atoms with Crippen LogP contribution in [0.15, 0.2) is 34.0 Å². The van der Waals surface area contributed by atoms with Crippen LogP contribution in [0, 0.1) is 17.1 Å². The van der Waals surface area contributed by atoms with Crippen LogP contribution in [0.2, 0.25) is 0 Å². The lowest BCUT2D eigenvalue weighted by molar-refractivity contribution is 0.428. The van der Waals surface area contributed by atoms with Crippen molar-refractivity contribution in [3.63, 3.8) is 0 Å². The second-order valence-corrected chi connectivity index (χ2v) is 5.10. The summed E-state index contributed by atoms with van der Waals surface area (Å²) in [6.07, 6.45) is 3.85. The summed E-state index contributed by atoms with van der Waals surface area (Å²) >= 11 is 1.24. The first-order chi connectivity index (χ1) is 10.2. The standard InChI is InChI=1S/C14H11FN4OS/c1-2-11-17-7-12(20-11)21-19-10-4-3-9(15)13-8(5-16)6-18-14(10)13/h3-4,6-7,18-19H,2H2,1H3. The van der Waals surface area contributed by atoms with Crippen molar-refractivity contribution in [2.75, 3.05) is 4.72 Å². The molecule has 0 fully saturated rings. The van der Waals surface area contributed by atoms with Crippen molar-refractivity contribution >= 4 is 28.5 Å². The van der Waals surface area contributed by atoms with E-state index in [1.807, 2.05) is 13.0 Å². The zero-order chi connectivity index (χ0) is 14.8. The van der Waals surface area contributed by atoms with Gasteiger partial charge in [0.05, 0.1) is 28.4 Å². The van der Waals surface area contributed by atoms with E-state index >= 15 is 0 Å².